The third-order valence-corrected chi connectivity index (χ3v) is 3.86. The maximum absolute atomic E-state index is 5.97. The van der Waals surface area contributed by atoms with Crippen molar-refractivity contribution >= 4 is 0 Å². The molecule has 0 radical (unpaired) electrons. The van der Waals surface area contributed by atoms with Crippen LogP contribution in [-0.2, 0) is 0 Å². The van der Waals surface area contributed by atoms with Gasteiger partial charge in [-0.15, -0.1) is 0 Å². The van der Waals surface area contributed by atoms with Gasteiger partial charge in [0.15, 0.2) is 0 Å². The first-order valence-corrected chi connectivity index (χ1v) is 6.84. The van der Waals surface area contributed by atoms with Crippen molar-refractivity contribution in [2.75, 3.05) is 0 Å². The molecule has 0 spiro atoms. The fourth-order valence-electron chi connectivity index (χ4n) is 2.43. The van der Waals surface area contributed by atoms with Crippen LogP contribution in [-0.4, -0.2) is 11.1 Å². The summed E-state index contributed by atoms with van der Waals surface area (Å²) in [6, 6.07) is 3.94. The van der Waals surface area contributed by atoms with Gasteiger partial charge in [-0.3, -0.25) is 0 Å². The topological polar surface area (TPSA) is 48.1 Å². The molecule has 1 atom stereocenters. The van der Waals surface area contributed by atoms with Gasteiger partial charge >= 0.3 is 0 Å². The van der Waals surface area contributed by atoms with Gasteiger partial charge in [0.05, 0.1) is 0 Å². The number of nitrogens with two attached hydrogens (primary N) is 1. The quantitative estimate of drug-likeness (QED) is 0.891. The van der Waals surface area contributed by atoms with E-state index in [1.807, 2.05) is 19.1 Å². The Morgan fingerprint density at radius 3 is 2.67 bits per heavy atom. The molecule has 18 heavy (non-hydrogen) atoms. The first-order chi connectivity index (χ1) is 8.46. The van der Waals surface area contributed by atoms with Crippen molar-refractivity contribution in [1.29, 1.82) is 0 Å². The van der Waals surface area contributed by atoms with Crippen LogP contribution >= 0.6 is 0 Å². The van der Waals surface area contributed by atoms with Crippen LogP contribution in [0.25, 0.3) is 0 Å². The van der Waals surface area contributed by atoms with Crippen LogP contribution in [0.4, 0.5) is 0 Å². The highest BCUT2D eigenvalue weighted by Crippen LogP contribution is 2.36. The van der Waals surface area contributed by atoms with Crippen LogP contribution in [0.1, 0.15) is 58.1 Å². The lowest BCUT2D eigenvalue weighted by molar-refractivity contribution is 0.0948. The second kappa shape index (κ2) is 5.27. The molecule has 0 unspecified atom stereocenters. The molecule has 1 aliphatic carbocycles. The van der Waals surface area contributed by atoms with Crippen molar-refractivity contribution in [3.8, 4) is 5.88 Å². The molecule has 0 saturated heterocycles. The zero-order valence-corrected chi connectivity index (χ0v) is 11.6. The lowest BCUT2D eigenvalue weighted by Gasteiger charge is -2.34. The Bertz CT molecular complexity index is 391. The standard InChI is InChI=1S/C15H24N2O/c1-11(16)12-6-9-17-14(10-12)18-13-4-7-15(2,3)8-5-13/h6,9-11,13H,4-5,7-8,16H2,1-3H3/t11-/m0/s1. The predicted octanol–water partition coefficient (Wildman–Crippen LogP) is 3.45. The number of aromatic nitrogens is 1. The van der Waals surface area contributed by atoms with Gasteiger partial charge in [0.1, 0.15) is 6.10 Å². The molecule has 1 aromatic rings. The molecule has 1 aromatic heterocycles. The van der Waals surface area contributed by atoms with E-state index in [1.54, 1.807) is 6.20 Å². The SMILES string of the molecule is C[C@H](N)c1ccnc(OC2CCC(C)(C)CC2)c1. The number of rotatable bonds is 3. The monoisotopic (exact) mass is 248 g/mol. The van der Waals surface area contributed by atoms with Crippen molar-refractivity contribution < 1.29 is 4.74 Å². The Morgan fingerprint density at radius 2 is 2.06 bits per heavy atom. The number of ether oxygens (including phenoxy) is 1. The van der Waals surface area contributed by atoms with E-state index in [9.17, 15) is 0 Å². The van der Waals surface area contributed by atoms with Crippen LogP contribution in [0, 0.1) is 5.41 Å². The van der Waals surface area contributed by atoms with Gasteiger partial charge in [0, 0.05) is 18.3 Å². The lowest BCUT2D eigenvalue weighted by atomic mass is 9.76. The van der Waals surface area contributed by atoms with E-state index < -0.39 is 0 Å². The van der Waals surface area contributed by atoms with Gasteiger partial charge in [0.25, 0.3) is 0 Å². The number of nitrogens with zero attached hydrogens (tertiary/aromatic N) is 1. The Kier molecular flexibility index (Phi) is 3.91. The zero-order chi connectivity index (χ0) is 13.2. The zero-order valence-electron chi connectivity index (χ0n) is 11.6. The molecular formula is C15H24N2O. The first-order valence-electron chi connectivity index (χ1n) is 6.84. The minimum Gasteiger partial charge on any atom is -0.474 e. The number of hydrogen-bond acceptors (Lipinski definition) is 3. The maximum atomic E-state index is 5.97. The smallest absolute Gasteiger partial charge is 0.213 e. The molecule has 3 nitrogen and oxygen atoms in total. The second-order valence-corrected chi connectivity index (χ2v) is 6.20. The summed E-state index contributed by atoms with van der Waals surface area (Å²) in [6.45, 7) is 6.64. The van der Waals surface area contributed by atoms with E-state index >= 15 is 0 Å². The molecule has 1 saturated carbocycles. The van der Waals surface area contributed by atoms with E-state index in [1.165, 1.54) is 12.8 Å². The molecule has 2 rings (SSSR count). The summed E-state index contributed by atoms with van der Waals surface area (Å²) in [5, 5.41) is 0. The summed E-state index contributed by atoms with van der Waals surface area (Å²) in [6.07, 6.45) is 6.79. The van der Waals surface area contributed by atoms with E-state index in [0.717, 1.165) is 24.3 Å². The van der Waals surface area contributed by atoms with Crippen molar-refractivity contribution in [3.05, 3.63) is 23.9 Å². The molecule has 0 amide bonds. The highest BCUT2D eigenvalue weighted by molar-refractivity contribution is 5.23. The van der Waals surface area contributed by atoms with Crippen molar-refractivity contribution in [2.24, 2.45) is 11.1 Å². The van der Waals surface area contributed by atoms with Crippen LogP contribution in [0.3, 0.4) is 0 Å². The Morgan fingerprint density at radius 1 is 1.39 bits per heavy atom. The van der Waals surface area contributed by atoms with Crippen molar-refractivity contribution in [3.63, 3.8) is 0 Å². The van der Waals surface area contributed by atoms with Crippen molar-refractivity contribution in [2.45, 2.75) is 58.6 Å². The molecule has 1 fully saturated rings. The predicted molar refractivity (Wildman–Crippen MR) is 73.5 cm³/mol. The molecular weight excluding hydrogens is 224 g/mol. The van der Waals surface area contributed by atoms with E-state index in [2.05, 4.69) is 18.8 Å². The van der Waals surface area contributed by atoms with Crippen LogP contribution in [0.5, 0.6) is 5.88 Å². The van der Waals surface area contributed by atoms with E-state index in [-0.39, 0.29) is 6.04 Å². The van der Waals surface area contributed by atoms with Gasteiger partial charge in [-0.25, -0.2) is 4.98 Å². The molecule has 0 aliphatic heterocycles. The molecule has 100 valence electrons. The molecule has 1 heterocycles. The summed E-state index contributed by atoms with van der Waals surface area (Å²) in [7, 11) is 0. The van der Waals surface area contributed by atoms with Crippen molar-refractivity contribution in [1.82, 2.24) is 4.98 Å². The molecule has 0 bridgehead atoms. The minimum absolute atomic E-state index is 0.0284. The average Bonchev–Trinajstić information content (AvgIpc) is 2.32. The normalized spacial score (nSPS) is 21.6. The summed E-state index contributed by atoms with van der Waals surface area (Å²) in [5.41, 5.74) is 7.42. The summed E-state index contributed by atoms with van der Waals surface area (Å²) >= 11 is 0. The second-order valence-electron chi connectivity index (χ2n) is 6.20. The van der Waals surface area contributed by atoms with E-state index in [4.69, 9.17) is 10.5 Å². The fraction of sp³-hybridized carbons (Fsp3) is 0.667. The number of pyridine rings is 1. The van der Waals surface area contributed by atoms with Crippen LogP contribution in [0.2, 0.25) is 0 Å². The van der Waals surface area contributed by atoms with Gasteiger partial charge < -0.3 is 10.5 Å². The fourth-order valence-corrected chi connectivity index (χ4v) is 2.43. The van der Waals surface area contributed by atoms with Gasteiger partial charge in [-0.05, 0) is 49.7 Å². The lowest BCUT2D eigenvalue weighted by Crippen LogP contribution is -2.28. The third kappa shape index (κ3) is 3.45. The Hall–Kier alpha value is -1.09. The highest BCUT2D eigenvalue weighted by Gasteiger charge is 2.27. The maximum Gasteiger partial charge on any atom is 0.213 e. The average molecular weight is 248 g/mol. The number of hydrogen-bond donors (Lipinski definition) is 1. The molecule has 0 aromatic carbocycles. The minimum atomic E-state index is 0.0284. The molecule has 1 aliphatic rings. The van der Waals surface area contributed by atoms with Crippen LogP contribution in [0.15, 0.2) is 18.3 Å². The Labute approximate surface area is 110 Å². The molecule has 2 N–H and O–H groups in total. The summed E-state index contributed by atoms with van der Waals surface area (Å²) in [5.74, 6) is 0.717. The largest absolute Gasteiger partial charge is 0.474 e. The Balaban J connectivity index is 1.96. The van der Waals surface area contributed by atoms with Gasteiger partial charge in [0.2, 0.25) is 5.88 Å². The summed E-state index contributed by atoms with van der Waals surface area (Å²) < 4.78 is 5.97. The van der Waals surface area contributed by atoms with Crippen LogP contribution < -0.4 is 10.5 Å². The van der Waals surface area contributed by atoms with E-state index in [0.29, 0.717) is 11.5 Å². The third-order valence-electron chi connectivity index (χ3n) is 3.86. The van der Waals surface area contributed by atoms with Gasteiger partial charge in [-0.1, -0.05) is 13.8 Å². The van der Waals surface area contributed by atoms with Gasteiger partial charge in [-0.2, -0.15) is 0 Å². The molecule has 3 heteroatoms. The highest BCUT2D eigenvalue weighted by atomic mass is 16.5. The first kappa shape index (κ1) is 13.3. The summed E-state index contributed by atoms with van der Waals surface area (Å²) in [4.78, 5) is 4.27.